The van der Waals surface area contributed by atoms with E-state index in [2.05, 4.69) is 10.3 Å². The molecule has 3 aromatic carbocycles. The van der Waals surface area contributed by atoms with Gasteiger partial charge in [-0.3, -0.25) is 4.79 Å². The molecule has 162 valence electrons. The highest BCUT2D eigenvalue weighted by Crippen LogP contribution is 2.33. The van der Waals surface area contributed by atoms with Crippen LogP contribution in [0.5, 0.6) is 11.5 Å². The smallest absolute Gasteiger partial charge is 0.256 e. The second-order valence-corrected chi connectivity index (χ2v) is 6.84. The van der Waals surface area contributed by atoms with Crippen LogP contribution in [0.3, 0.4) is 0 Å². The summed E-state index contributed by atoms with van der Waals surface area (Å²) < 4.78 is 51.4. The van der Waals surface area contributed by atoms with Crippen molar-refractivity contribution in [3.05, 3.63) is 83.7 Å². The Labute approximate surface area is 181 Å². The molecular formula is C24H17F3N2O3. The summed E-state index contributed by atoms with van der Waals surface area (Å²) in [6.45, 7) is 0. The molecular weight excluding hydrogens is 421 g/mol. The fourth-order valence-electron chi connectivity index (χ4n) is 3.31. The van der Waals surface area contributed by atoms with Gasteiger partial charge in [0.15, 0.2) is 23.1 Å². The number of amides is 1. The number of nitrogens with zero attached hydrogens (tertiary/aromatic N) is 1. The van der Waals surface area contributed by atoms with Crippen molar-refractivity contribution < 1.29 is 27.4 Å². The van der Waals surface area contributed by atoms with Gasteiger partial charge in [-0.15, -0.1) is 0 Å². The zero-order valence-corrected chi connectivity index (χ0v) is 17.1. The number of ether oxygens (including phenoxy) is 2. The molecule has 1 amide bonds. The van der Waals surface area contributed by atoms with Crippen LogP contribution in [-0.4, -0.2) is 25.1 Å². The second kappa shape index (κ2) is 8.58. The minimum Gasteiger partial charge on any atom is -0.493 e. The van der Waals surface area contributed by atoms with E-state index in [1.807, 2.05) is 0 Å². The third kappa shape index (κ3) is 3.94. The first-order valence-electron chi connectivity index (χ1n) is 9.49. The quantitative estimate of drug-likeness (QED) is 0.413. The molecule has 0 atom stereocenters. The molecule has 0 saturated heterocycles. The largest absolute Gasteiger partial charge is 0.493 e. The predicted octanol–water partition coefficient (Wildman–Crippen LogP) is 5.59. The third-order valence-corrected chi connectivity index (χ3v) is 4.90. The van der Waals surface area contributed by atoms with Gasteiger partial charge in [-0.1, -0.05) is 18.2 Å². The fourth-order valence-corrected chi connectivity index (χ4v) is 3.31. The van der Waals surface area contributed by atoms with Crippen LogP contribution in [0, 0.1) is 17.5 Å². The number of hydrogen-bond donors (Lipinski definition) is 1. The van der Waals surface area contributed by atoms with E-state index in [-0.39, 0.29) is 5.56 Å². The highest BCUT2D eigenvalue weighted by atomic mass is 19.2. The summed E-state index contributed by atoms with van der Waals surface area (Å²) in [5, 5.41) is 2.82. The van der Waals surface area contributed by atoms with E-state index in [0.717, 1.165) is 0 Å². The Morgan fingerprint density at radius 1 is 0.844 bits per heavy atom. The van der Waals surface area contributed by atoms with E-state index in [4.69, 9.17) is 9.47 Å². The Balaban J connectivity index is 1.81. The SMILES string of the molecule is COc1ccc(-c2cc(C(=O)Nc3cc(F)c(F)cc3F)c3ccccc3n2)cc1OC. The molecule has 0 aliphatic carbocycles. The molecule has 4 aromatic rings. The second-order valence-electron chi connectivity index (χ2n) is 6.84. The van der Waals surface area contributed by atoms with Gasteiger partial charge in [-0.2, -0.15) is 0 Å². The van der Waals surface area contributed by atoms with Gasteiger partial charge in [-0.05, 0) is 30.3 Å². The first-order chi connectivity index (χ1) is 15.4. The van der Waals surface area contributed by atoms with E-state index < -0.39 is 29.0 Å². The minimum absolute atomic E-state index is 0.185. The maximum atomic E-state index is 14.1. The van der Waals surface area contributed by atoms with Crippen LogP contribution < -0.4 is 14.8 Å². The monoisotopic (exact) mass is 438 g/mol. The molecule has 0 fully saturated rings. The van der Waals surface area contributed by atoms with Crippen LogP contribution in [-0.2, 0) is 0 Å². The van der Waals surface area contributed by atoms with Crippen molar-refractivity contribution in [1.29, 1.82) is 0 Å². The maximum Gasteiger partial charge on any atom is 0.256 e. The number of methoxy groups -OCH3 is 2. The lowest BCUT2D eigenvalue weighted by Crippen LogP contribution is -2.14. The van der Waals surface area contributed by atoms with Crippen molar-refractivity contribution in [2.45, 2.75) is 0 Å². The van der Waals surface area contributed by atoms with Gasteiger partial charge >= 0.3 is 0 Å². The van der Waals surface area contributed by atoms with Gasteiger partial charge in [-0.25, -0.2) is 18.2 Å². The van der Waals surface area contributed by atoms with Gasteiger partial charge in [0, 0.05) is 23.1 Å². The average Bonchev–Trinajstić information content (AvgIpc) is 2.81. The zero-order chi connectivity index (χ0) is 22.8. The van der Waals surface area contributed by atoms with Crippen molar-refractivity contribution in [3.8, 4) is 22.8 Å². The molecule has 1 heterocycles. The highest BCUT2D eigenvalue weighted by Gasteiger charge is 2.18. The van der Waals surface area contributed by atoms with E-state index in [1.54, 1.807) is 42.5 Å². The van der Waals surface area contributed by atoms with Crippen molar-refractivity contribution in [2.24, 2.45) is 0 Å². The summed E-state index contributed by atoms with van der Waals surface area (Å²) in [5.41, 5.74) is 1.35. The third-order valence-electron chi connectivity index (χ3n) is 4.90. The number of hydrogen-bond acceptors (Lipinski definition) is 4. The molecule has 0 radical (unpaired) electrons. The molecule has 0 aliphatic rings. The Hall–Kier alpha value is -4.07. The molecule has 0 bridgehead atoms. The van der Waals surface area contributed by atoms with Gasteiger partial charge < -0.3 is 14.8 Å². The number of nitrogens with one attached hydrogen (secondary N) is 1. The number of pyridine rings is 1. The first-order valence-corrected chi connectivity index (χ1v) is 9.49. The van der Waals surface area contributed by atoms with Gasteiger partial charge in [0.25, 0.3) is 5.91 Å². The minimum atomic E-state index is -1.34. The number of benzene rings is 3. The van der Waals surface area contributed by atoms with Crippen molar-refractivity contribution in [2.75, 3.05) is 19.5 Å². The van der Waals surface area contributed by atoms with Crippen LogP contribution in [0.1, 0.15) is 10.4 Å². The number of halogens is 3. The van der Waals surface area contributed by atoms with Gasteiger partial charge in [0.2, 0.25) is 0 Å². The summed E-state index contributed by atoms with van der Waals surface area (Å²) in [6.07, 6.45) is 0. The number of anilines is 1. The lowest BCUT2D eigenvalue weighted by molar-refractivity contribution is 0.102. The molecule has 0 unspecified atom stereocenters. The van der Waals surface area contributed by atoms with Gasteiger partial charge in [0.1, 0.15) is 5.82 Å². The molecule has 4 rings (SSSR count). The summed E-state index contributed by atoms with van der Waals surface area (Å²) in [4.78, 5) is 17.6. The Bertz CT molecular complexity index is 1340. The van der Waals surface area contributed by atoms with Gasteiger partial charge in [0.05, 0.1) is 36.7 Å². The van der Waals surface area contributed by atoms with Crippen molar-refractivity contribution in [3.63, 3.8) is 0 Å². The normalized spacial score (nSPS) is 10.8. The van der Waals surface area contributed by atoms with E-state index in [0.29, 0.717) is 45.8 Å². The Morgan fingerprint density at radius 3 is 2.31 bits per heavy atom. The lowest BCUT2D eigenvalue weighted by Gasteiger charge is -2.13. The number of aromatic nitrogens is 1. The molecule has 0 saturated carbocycles. The molecule has 32 heavy (non-hydrogen) atoms. The summed E-state index contributed by atoms with van der Waals surface area (Å²) in [6, 6.07) is 14.6. The van der Waals surface area contributed by atoms with E-state index in [9.17, 15) is 18.0 Å². The van der Waals surface area contributed by atoms with E-state index in [1.165, 1.54) is 20.3 Å². The molecule has 0 aliphatic heterocycles. The predicted molar refractivity (Wildman–Crippen MR) is 115 cm³/mol. The molecule has 5 nitrogen and oxygen atoms in total. The van der Waals surface area contributed by atoms with E-state index >= 15 is 0 Å². The fraction of sp³-hybridized carbons (Fsp3) is 0.0833. The van der Waals surface area contributed by atoms with Crippen LogP contribution in [0.25, 0.3) is 22.2 Å². The Kier molecular flexibility index (Phi) is 5.68. The summed E-state index contributed by atoms with van der Waals surface area (Å²) in [7, 11) is 3.02. The number of fused-ring (bicyclic) bond motifs is 1. The number of para-hydroxylation sites is 1. The van der Waals surface area contributed by atoms with Crippen LogP contribution >= 0.6 is 0 Å². The van der Waals surface area contributed by atoms with Crippen LogP contribution in [0.15, 0.2) is 60.7 Å². The van der Waals surface area contributed by atoms with Crippen molar-refractivity contribution in [1.82, 2.24) is 4.98 Å². The highest BCUT2D eigenvalue weighted by molar-refractivity contribution is 6.13. The first kappa shape index (κ1) is 21.2. The van der Waals surface area contributed by atoms with Crippen molar-refractivity contribution >= 4 is 22.5 Å². The topological polar surface area (TPSA) is 60.5 Å². The van der Waals surface area contributed by atoms with Crippen LogP contribution in [0.4, 0.5) is 18.9 Å². The molecule has 8 heteroatoms. The zero-order valence-electron chi connectivity index (χ0n) is 17.1. The molecule has 1 N–H and O–H groups in total. The number of rotatable bonds is 5. The Morgan fingerprint density at radius 2 is 1.56 bits per heavy atom. The maximum absolute atomic E-state index is 14.1. The van der Waals surface area contributed by atoms with Crippen LogP contribution in [0.2, 0.25) is 0 Å². The summed E-state index contributed by atoms with van der Waals surface area (Å²) >= 11 is 0. The lowest BCUT2D eigenvalue weighted by atomic mass is 10.0. The molecule has 1 aromatic heterocycles. The molecule has 0 spiro atoms. The number of carbonyl (C=O) groups is 1. The summed E-state index contributed by atoms with van der Waals surface area (Å²) in [5.74, 6) is -3.39. The number of carbonyl (C=O) groups excluding carboxylic acids is 1. The standard InChI is InChI=1S/C24H17F3N2O3/c1-31-22-8-7-13(9-23(22)32-2)20-10-15(14-5-3-4-6-19(14)28-20)24(30)29-21-12-17(26)16(25)11-18(21)27/h3-12H,1-2H3,(H,29,30). The average molecular weight is 438 g/mol.